The standard InChI is InChI=1S/C19H18F3NO5/c1-26-16-9-12-7-8-28-18(11-23(24)25,15(12)10-17(16)27-2)13-3-5-14(6-4-13)19(20,21)22/h3-6,9-10H,7-8,11H2,1-2H3. The van der Waals surface area contributed by atoms with Gasteiger partial charge in [0.05, 0.1) is 26.4 Å². The quantitative estimate of drug-likeness (QED) is 0.567. The molecule has 0 aliphatic carbocycles. The van der Waals surface area contributed by atoms with Gasteiger partial charge in [0, 0.05) is 10.5 Å². The molecule has 0 saturated heterocycles. The fourth-order valence-electron chi connectivity index (χ4n) is 3.49. The van der Waals surface area contributed by atoms with Crippen molar-refractivity contribution < 1.29 is 32.3 Å². The molecule has 0 amide bonds. The van der Waals surface area contributed by atoms with Crippen LogP contribution in [-0.4, -0.2) is 32.3 Å². The summed E-state index contributed by atoms with van der Waals surface area (Å²) in [5.74, 6) is 0.817. The first-order chi connectivity index (χ1) is 13.2. The van der Waals surface area contributed by atoms with Crippen LogP contribution in [0.5, 0.6) is 11.5 Å². The van der Waals surface area contributed by atoms with Crippen molar-refractivity contribution in [2.24, 2.45) is 0 Å². The Morgan fingerprint density at radius 2 is 1.75 bits per heavy atom. The average Bonchev–Trinajstić information content (AvgIpc) is 2.66. The normalized spacial score (nSPS) is 19.0. The molecule has 2 aromatic carbocycles. The molecule has 1 aliphatic heterocycles. The third-order valence-corrected chi connectivity index (χ3v) is 4.79. The maximum Gasteiger partial charge on any atom is 0.416 e. The Balaban J connectivity index is 2.20. The molecule has 3 rings (SSSR count). The summed E-state index contributed by atoms with van der Waals surface area (Å²) in [4.78, 5) is 10.9. The number of methoxy groups -OCH3 is 2. The monoisotopic (exact) mass is 397 g/mol. The summed E-state index contributed by atoms with van der Waals surface area (Å²) >= 11 is 0. The number of halogens is 3. The number of alkyl halides is 3. The van der Waals surface area contributed by atoms with E-state index in [0.29, 0.717) is 23.5 Å². The zero-order chi connectivity index (χ0) is 20.5. The van der Waals surface area contributed by atoms with Crippen LogP contribution in [0.2, 0.25) is 0 Å². The summed E-state index contributed by atoms with van der Waals surface area (Å²) in [5.41, 5.74) is -0.861. The molecule has 6 nitrogen and oxygen atoms in total. The third-order valence-electron chi connectivity index (χ3n) is 4.79. The predicted octanol–water partition coefficient (Wildman–Crippen LogP) is 3.82. The Labute approximate surface area is 159 Å². The van der Waals surface area contributed by atoms with Crippen molar-refractivity contribution in [2.45, 2.75) is 18.2 Å². The Morgan fingerprint density at radius 1 is 1.14 bits per heavy atom. The van der Waals surface area contributed by atoms with Gasteiger partial charge >= 0.3 is 6.18 Å². The van der Waals surface area contributed by atoms with Crippen molar-refractivity contribution in [3.05, 3.63) is 68.8 Å². The summed E-state index contributed by atoms with van der Waals surface area (Å²) in [6, 6.07) is 7.55. The summed E-state index contributed by atoms with van der Waals surface area (Å²) in [6.07, 6.45) is -4.02. The molecule has 1 unspecified atom stereocenters. The highest BCUT2D eigenvalue weighted by molar-refractivity contribution is 5.53. The van der Waals surface area contributed by atoms with E-state index in [0.717, 1.165) is 17.7 Å². The SMILES string of the molecule is COc1cc2c(cc1OC)C(C[N+](=O)[O-])(c1ccc(C(F)(F)F)cc1)OCC2. The zero-order valence-corrected chi connectivity index (χ0v) is 15.2. The van der Waals surface area contributed by atoms with Gasteiger partial charge in [-0.3, -0.25) is 10.1 Å². The van der Waals surface area contributed by atoms with E-state index in [-0.39, 0.29) is 12.2 Å². The molecule has 0 bridgehead atoms. The summed E-state index contributed by atoms with van der Waals surface area (Å²) < 4.78 is 55.2. The van der Waals surface area contributed by atoms with Gasteiger partial charge in [0.2, 0.25) is 6.54 Å². The van der Waals surface area contributed by atoms with Gasteiger partial charge in [-0.1, -0.05) is 12.1 Å². The summed E-state index contributed by atoms with van der Waals surface area (Å²) in [6.45, 7) is -0.460. The highest BCUT2D eigenvalue weighted by Crippen LogP contribution is 2.44. The van der Waals surface area contributed by atoms with Crippen LogP contribution in [-0.2, 0) is 22.9 Å². The van der Waals surface area contributed by atoms with E-state index < -0.39 is 28.8 Å². The van der Waals surface area contributed by atoms with Crippen molar-refractivity contribution in [3.63, 3.8) is 0 Å². The van der Waals surface area contributed by atoms with Gasteiger partial charge in [-0.15, -0.1) is 0 Å². The van der Waals surface area contributed by atoms with E-state index in [1.807, 2.05) is 0 Å². The molecule has 1 aliphatic rings. The molecule has 150 valence electrons. The molecule has 9 heteroatoms. The molecule has 1 heterocycles. The Morgan fingerprint density at radius 3 is 2.29 bits per heavy atom. The molecule has 28 heavy (non-hydrogen) atoms. The van der Waals surface area contributed by atoms with Crippen LogP contribution in [0.25, 0.3) is 0 Å². The lowest BCUT2D eigenvalue weighted by atomic mass is 9.80. The van der Waals surface area contributed by atoms with E-state index in [1.165, 1.54) is 26.4 Å². The number of hydrogen-bond donors (Lipinski definition) is 0. The lowest BCUT2D eigenvalue weighted by Crippen LogP contribution is -2.42. The van der Waals surface area contributed by atoms with Gasteiger partial charge in [-0.05, 0) is 41.8 Å². The molecule has 0 radical (unpaired) electrons. The van der Waals surface area contributed by atoms with Crippen molar-refractivity contribution in [3.8, 4) is 11.5 Å². The fourth-order valence-corrected chi connectivity index (χ4v) is 3.49. The molecule has 0 N–H and O–H groups in total. The molecular weight excluding hydrogens is 379 g/mol. The van der Waals surface area contributed by atoms with E-state index in [1.54, 1.807) is 12.1 Å². The second kappa shape index (κ2) is 7.31. The van der Waals surface area contributed by atoms with Gasteiger partial charge in [0.25, 0.3) is 0 Å². The third kappa shape index (κ3) is 3.49. The zero-order valence-electron chi connectivity index (χ0n) is 15.2. The van der Waals surface area contributed by atoms with Gasteiger partial charge in [-0.25, -0.2) is 0 Å². The maximum absolute atomic E-state index is 12.9. The number of rotatable bonds is 5. The van der Waals surface area contributed by atoms with Crippen LogP contribution in [0, 0.1) is 10.1 Å². The lowest BCUT2D eigenvalue weighted by Gasteiger charge is -2.37. The molecule has 0 saturated carbocycles. The van der Waals surface area contributed by atoms with Crippen LogP contribution in [0.3, 0.4) is 0 Å². The van der Waals surface area contributed by atoms with Crippen molar-refractivity contribution in [2.75, 3.05) is 27.4 Å². The lowest BCUT2D eigenvalue weighted by molar-refractivity contribution is -0.501. The molecular formula is C19H18F3NO5. The number of benzene rings is 2. The number of hydrogen-bond acceptors (Lipinski definition) is 5. The second-order valence-electron chi connectivity index (χ2n) is 6.36. The second-order valence-corrected chi connectivity index (χ2v) is 6.36. The highest BCUT2D eigenvalue weighted by Gasteiger charge is 2.45. The highest BCUT2D eigenvalue weighted by atomic mass is 19.4. The first-order valence-corrected chi connectivity index (χ1v) is 8.40. The molecule has 2 aromatic rings. The largest absolute Gasteiger partial charge is 0.493 e. The molecule has 0 spiro atoms. The van der Waals surface area contributed by atoms with E-state index in [2.05, 4.69) is 0 Å². The van der Waals surface area contributed by atoms with Crippen LogP contribution < -0.4 is 9.47 Å². The van der Waals surface area contributed by atoms with Gasteiger partial charge < -0.3 is 14.2 Å². The number of fused-ring (bicyclic) bond motifs is 1. The fraction of sp³-hybridized carbons (Fsp3) is 0.368. The average molecular weight is 397 g/mol. The first-order valence-electron chi connectivity index (χ1n) is 8.40. The van der Waals surface area contributed by atoms with E-state index >= 15 is 0 Å². The van der Waals surface area contributed by atoms with Crippen LogP contribution in [0.15, 0.2) is 36.4 Å². The minimum Gasteiger partial charge on any atom is -0.493 e. The molecule has 0 fully saturated rings. The number of nitrogens with zero attached hydrogens (tertiary/aromatic N) is 1. The minimum absolute atomic E-state index is 0.178. The predicted molar refractivity (Wildman–Crippen MR) is 93.3 cm³/mol. The van der Waals surface area contributed by atoms with Crippen molar-refractivity contribution >= 4 is 0 Å². The first kappa shape index (κ1) is 19.9. The van der Waals surface area contributed by atoms with Crippen molar-refractivity contribution in [1.82, 2.24) is 0 Å². The topological polar surface area (TPSA) is 70.8 Å². The molecule has 1 atom stereocenters. The van der Waals surface area contributed by atoms with E-state index in [4.69, 9.17) is 14.2 Å². The van der Waals surface area contributed by atoms with Crippen molar-refractivity contribution in [1.29, 1.82) is 0 Å². The Bertz CT molecular complexity index is 882. The summed E-state index contributed by atoms with van der Waals surface area (Å²) in [5, 5.41) is 11.4. The number of ether oxygens (including phenoxy) is 3. The maximum atomic E-state index is 12.9. The minimum atomic E-state index is -4.50. The summed E-state index contributed by atoms with van der Waals surface area (Å²) in [7, 11) is 2.91. The Hall–Kier alpha value is -2.81. The smallest absolute Gasteiger partial charge is 0.416 e. The molecule has 0 aromatic heterocycles. The van der Waals surface area contributed by atoms with Crippen LogP contribution in [0.4, 0.5) is 13.2 Å². The Kier molecular flexibility index (Phi) is 5.20. The van der Waals surface area contributed by atoms with Crippen LogP contribution in [0.1, 0.15) is 22.3 Å². The van der Waals surface area contributed by atoms with Gasteiger partial charge in [-0.2, -0.15) is 13.2 Å². The van der Waals surface area contributed by atoms with E-state index in [9.17, 15) is 23.3 Å². The number of nitro groups is 1. The van der Waals surface area contributed by atoms with Gasteiger partial charge in [0.15, 0.2) is 17.1 Å². The van der Waals surface area contributed by atoms with Gasteiger partial charge in [0.1, 0.15) is 0 Å². The van der Waals surface area contributed by atoms with Crippen LogP contribution >= 0.6 is 0 Å².